The third-order valence-electron chi connectivity index (χ3n) is 4.43. The van der Waals surface area contributed by atoms with E-state index >= 15 is 0 Å². The van der Waals surface area contributed by atoms with Crippen molar-refractivity contribution in [2.75, 3.05) is 14.2 Å². The topological polar surface area (TPSA) is 48.7 Å². The molecular weight excluding hydrogens is 381 g/mol. The first kappa shape index (κ1) is 18.4. The molecule has 0 aliphatic heterocycles. The van der Waals surface area contributed by atoms with Gasteiger partial charge in [0.1, 0.15) is 16.7 Å². The number of hydrogen-bond donors (Lipinski definition) is 0. The molecule has 28 heavy (non-hydrogen) atoms. The van der Waals surface area contributed by atoms with E-state index in [9.17, 15) is 4.39 Å². The monoisotopic (exact) mass is 397 g/mol. The van der Waals surface area contributed by atoms with Gasteiger partial charge in [-0.2, -0.15) is 5.10 Å². The van der Waals surface area contributed by atoms with Crippen LogP contribution in [0, 0.1) is 5.82 Å². The van der Waals surface area contributed by atoms with Gasteiger partial charge in [0.15, 0.2) is 5.65 Å². The van der Waals surface area contributed by atoms with Crippen molar-refractivity contribution in [3.05, 3.63) is 71.3 Å². The fourth-order valence-electron chi connectivity index (χ4n) is 3.15. The molecule has 0 unspecified atom stereocenters. The van der Waals surface area contributed by atoms with Gasteiger partial charge in [-0.15, -0.1) is 0 Å². The molecule has 0 atom stereocenters. The molecule has 4 aromatic rings. The van der Waals surface area contributed by atoms with E-state index in [4.69, 9.17) is 26.2 Å². The number of fused-ring (bicyclic) bond motifs is 1. The minimum absolute atomic E-state index is 0.306. The Hall–Kier alpha value is -2.96. The van der Waals surface area contributed by atoms with Gasteiger partial charge in [-0.1, -0.05) is 23.7 Å². The summed E-state index contributed by atoms with van der Waals surface area (Å²) in [5.41, 5.74) is 4.57. The van der Waals surface area contributed by atoms with Crippen molar-refractivity contribution in [1.29, 1.82) is 0 Å². The van der Waals surface area contributed by atoms with Gasteiger partial charge in [0.05, 0.1) is 30.7 Å². The smallest absolute Gasteiger partial charge is 0.165 e. The molecule has 0 aliphatic rings. The van der Waals surface area contributed by atoms with Crippen LogP contribution in [0.5, 0.6) is 5.75 Å². The molecule has 0 fully saturated rings. The number of halogens is 2. The number of rotatable bonds is 5. The summed E-state index contributed by atoms with van der Waals surface area (Å²) in [7, 11) is 3.24. The van der Waals surface area contributed by atoms with E-state index in [-0.39, 0.29) is 5.82 Å². The van der Waals surface area contributed by atoms with E-state index in [0.717, 1.165) is 28.1 Å². The maximum absolute atomic E-state index is 13.4. The van der Waals surface area contributed by atoms with Crippen LogP contribution in [-0.4, -0.2) is 28.8 Å². The minimum Gasteiger partial charge on any atom is -0.497 e. The summed E-state index contributed by atoms with van der Waals surface area (Å²) < 4.78 is 25.7. The van der Waals surface area contributed by atoms with E-state index in [2.05, 4.69) is 4.98 Å². The van der Waals surface area contributed by atoms with Gasteiger partial charge < -0.3 is 9.47 Å². The Bertz CT molecular complexity index is 1130. The molecule has 0 N–H and O–H groups in total. The first-order valence-electron chi connectivity index (χ1n) is 8.58. The van der Waals surface area contributed by atoms with E-state index < -0.39 is 0 Å². The predicted octanol–water partition coefficient (Wildman–Crippen LogP) is 5.01. The van der Waals surface area contributed by atoms with Gasteiger partial charge in [0.25, 0.3) is 0 Å². The number of benzene rings is 2. The standard InChI is InChI=1S/C21H17ClFN3O2/c1-27-12-17-20(14-5-9-16(28-2)10-6-14)21-24-19(22)11-18(26(21)25-17)13-3-7-15(23)8-4-13/h3-11H,12H2,1-2H3. The average molecular weight is 398 g/mol. The Morgan fingerprint density at radius 2 is 1.68 bits per heavy atom. The molecule has 2 heterocycles. The van der Waals surface area contributed by atoms with Crippen LogP contribution >= 0.6 is 11.6 Å². The molecule has 142 valence electrons. The zero-order chi connectivity index (χ0) is 19.7. The Morgan fingerprint density at radius 1 is 1.00 bits per heavy atom. The molecule has 0 aliphatic carbocycles. The molecule has 2 aromatic heterocycles. The summed E-state index contributed by atoms with van der Waals surface area (Å²) >= 11 is 6.32. The molecule has 7 heteroatoms. The highest BCUT2D eigenvalue weighted by molar-refractivity contribution is 6.29. The van der Waals surface area contributed by atoms with Crippen molar-refractivity contribution in [3.8, 4) is 28.1 Å². The van der Waals surface area contributed by atoms with Crippen molar-refractivity contribution in [3.63, 3.8) is 0 Å². The van der Waals surface area contributed by atoms with Crippen LogP contribution in [-0.2, 0) is 11.3 Å². The van der Waals surface area contributed by atoms with Crippen LogP contribution in [0.4, 0.5) is 4.39 Å². The lowest BCUT2D eigenvalue weighted by Crippen LogP contribution is -1.97. The van der Waals surface area contributed by atoms with Gasteiger partial charge in [-0.25, -0.2) is 13.9 Å². The summed E-state index contributed by atoms with van der Waals surface area (Å²) in [6.45, 7) is 0.311. The third-order valence-corrected chi connectivity index (χ3v) is 4.62. The largest absolute Gasteiger partial charge is 0.497 e. The normalized spacial score (nSPS) is 11.1. The van der Waals surface area contributed by atoms with Gasteiger partial charge >= 0.3 is 0 Å². The van der Waals surface area contributed by atoms with Crippen molar-refractivity contribution in [1.82, 2.24) is 14.6 Å². The maximum atomic E-state index is 13.4. The van der Waals surface area contributed by atoms with E-state index in [0.29, 0.717) is 23.1 Å². The second-order valence-electron chi connectivity index (χ2n) is 6.19. The molecular formula is C21H17ClFN3O2. The van der Waals surface area contributed by atoms with Crippen molar-refractivity contribution in [2.45, 2.75) is 6.61 Å². The molecule has 0 saturated heterocycles. The van der Waals surface area contributed by atoms with Gasteiger partial charge in [-0.05, 0) is 42.0 Å². The third kappa shape index (κ3) is 3.32. The number of methoxy groups -OCH3 is 2. The molecule has 0 radical (unpaired) electrons. The Labute approximate surface area is 166 Å². The zero-order valence-corrected chi connectivity index (χ0v) is 16.1. The summed E-state index contributed by atoms with van der Waals surface area (Å²) in [5.74, 6) is 0.450. The Balaban J connectivity index is 1.98. The summed E-state index contributed by atoms with van der Waals surface area (Å²) in [4.78, 5) is 4.51. The number of nitrogens with zero attached hydrogens (tertiary/aromatic N) is 3. The molecule has 2 aromatic carbocycles. The van der Waals surface area contributed by atoms with Crippen molar-refractivity contribution < 1.29 is 13.9 Å². The first-order chi connectivity index (χ1) is 13.6. The van der Waals surface area contributed by atoms with Gasteiger partial charge in [0, 0.05) is 18.7 Å². The van der Waals surface area contributed by atoms with E-state index in [1.165, 1.54) is 12.1 Å². The van der Waals surface area contributed by atoms with Crippen LogP contribution in [0.15, 0.2) is 54.6 Å². The Morgan fingerprint density at radius 3 is 2.32 bits per heavy atom. The predicted molar refractivity (Wildman–Crippen MR) is 106 cm³/mol. The lowest BCUT2D eigenvalue weighted by Gasteiger charge is -2.07. The minimum atomic E-state index is -0.306. The number of ether oxygens (including phenoxy) is 2. The van der Waals surface area contributed by atoms with Crippen LogP contribution in [0.25, 0.3) is 28.0 Å². The summed E-state index contributed by atoms with van der Waals surface area (Å²) in [5, 5.41) is 5.03. The lowest BCUT2D eigenvalue weighted by atomic mass is 10.1. The molecule has 5 nitrogen and oxygen atoms in total. The van der Waals surface area contributed by atoms with Crippen molar-refractivity contribution >= 4 is 17.2 Å². The molecule has 4 rings (SSSR count). The second kappa shape index (κ2) is 7.58. The quantitative estimate of drug-likeness (QED) is 0.444. The maximum Gasteiger partial charge on any atom is 0.165 e. The van der Waals surface area contributed by atoms with Gasteiger partial charge in [-0.3, -0.25) is 0 Å². The van der Waals surface area contributed by atoms with Gasteiger partial charge in [0.2, 0.25) is 0 Å². The first-order valence-corrected chi connectivity index (χ1v) is 8.96. The average Bonchev–Trinajstić information content (AvgIpc) is 3.06. The van der Waals surface area contributed by atoms with Crippen LogP contribution in [0.1, 0.15) is 5.69 Å². The zero-order valence-electron chi connectivity index (χ0n) is 15.3. The summed E-state index contributed by atoms with van der Waals surface area (Å²) in [6, 6.07) is 15.5. The van der Waals surface area contributed by atoms with E-state index in [1.807, 2.05) is 24.3 Å². The molecule has 0 saturated carbocycles. The SMILES string of the molecule is COCc1nn2c(-c3ccc(F)cc3)cc(Cl)nc2c1-c1ccc(OC)cc1. The number of hydrogen-bond acceptors (Lipinski definition) is 4. The number of aromatic nitrogens is 3. The van der Waals surface area contributed by atoms with Crippen LogP contribution in [0.3, 0.4) is 0 Å². The summed E-state index contributed by atoms with van der Waals surface area (Å²) in [6.07, 6.45) is 0. The lowest BCUT2D eigenvalue weighted by molar-refractivity contribution is 0.181. The fraction of sp³-hybridized carbons (Fsp3) is 0.143. The van der Waals surface area contributed by atoms with E-state index in [1.54, 1.807) is 36.9 Å². The van der Waals surface area contributed by atoms with Crippen LogP contribution < -0.4 is 4.74 Å². The highest BCUT2D eigenvalue weighted by atomic mass is 35.5. The highest BCUT2D eigenvalue weighted by Gasteiger charge is 2.19. The molecule has 0 spiro atoms. The second-order valence-corrected chi connectivity index (χ2v) is 6.58. The van der Waals surface area contributed by atoms with Crippen molar-refractivity contribution in [2.24, 2.45) is 0 Å². The Kier molecular flexibility index (Phi) is 4.98. The molecule has 0 amide bonds. The van der Waals surface area contributed by atoms with Crippen LogP contribution in [0.2, 0.25) is 5.15 Å². The molecule has 0 bridgehead atoms. The fourth-order valence-corrected chi connectivity index (χ4v) is 3.33. The highest BCUT2D eigenvalue weighted by Crippen LogP contribution is 2.33.